The van der Waals surface area contributed by atoms with Crippen molar-refractivity contribution in [3.05, 3.63) is 65.5 Å². The topological polar surface area (TPSA) is 24.9 Å². The molecule has 2 nitrogen and oxygen atoms in total. The predicted molar refractivity (Wildman–Crippen MR) is 70.7 cm³/mol. The first-order valence-electron chi connectivity index (χ1n) is 5.96. The molecule has 88 valence electrons. The Morgan fingerprint density at radius 3 is 2.59 bits per heavy atom. The third-order valence-electron chi connectivity index (χ3n) is 2.99. The number of aryl methyl sites for hydroxylation is 1. The molecule has 0 saturated heterocycles. The summed E-state index contributed by atoms with van der Waals surface area (Å²) in [6.07, 6.45) is 1.84. The van der Waals surface area contributed by atoms with Crippen molar-refractivity contribution in [3.8, 4) is 0 Å². The number of nitrogens with one attached hydrogen (secondary N) is 1. The van der Waals surface area contributed by atoms with Crippen LogP contribution in [0.4, 0.5) is 0 Å². The zero-order valence-corrected chi connectivity index (χ0v) is 10.4. The van der Waals surface area contributed by atoms with E-state index in [1.165, 1.54) is 11.1 Å². The van der Waals surface area contributed by atoms with Crippen molar-refractivity contribution < 1.29 is 0 Å². The van der Waals surface area contributed by atoms with Gasteiger partial charge in [-0.2, -0.15) is 0 Å². The predicted octanol–water partition coefficient (Wildman–Crippen LogP) is 3.24. The van der Waals surface area contributed by atoms with Crippen molar-refractivity contribution in [2.45, 2.75) is 26.4 Å². The lowest BCUT2D eigenvalue weighted by atomic mass is 10.1. The van der Waals surface area contributed by atoms with E-state index in [1.54, 1.807) is 0 Å². The summed E-state index contributed by atoms with van der Waals surface area (Å²) in [5.41, 5.74) is 3.66. The molecule has 0 bridgehead atoms. The minimum Gasteiger partial charge on any atom is -0.305 e. The average Bonchev–Trinajstić information content (AvgIpc) is 2.38. The Balaban J connectivity index is 1.97. The minimum absolute atomic E-state index is 0.345. The van der Waals surface area contributed by atoms with E-state index in [-0.39, 0.29) is 0 Å². The Labute approximate surface area is 103 Å². The van der Waals surface area contributed by atoms with Gasteiger partial charge < -0.3 is 5.32 Å². The molecule has 0 radical (unpaired) electrons. The molecule has 1 atom stereocenters. The zero-order chi connectivity index (χ0) is 12.1. The SMILES string of the molecule is Cc1cccnc1CN[C@@H](C)c1ccccc1. The Hall–Kier alpha value is -1.67. The molecule has 0 aliphatic rings. The Morgan fingerprint density at radius 1 is 1.12 bits per heavy atom. The number of rotatable bonds is 4. The van der Waals surface area contributed by atoms with Gasteiger partial charge in [0.15, 0.2) is 0 Å². The van der Waals surface area contributed by atoms with E-state index >= 15 is 0 Å². The number of aromatic nitrogens is 1. The average molecular weight is 226 g/mol. The molecule has 2 rings (SSSR count). The van der Waals surface area contributed by atoms with Crippen LogP contribution >= 0.6 is 0 Å². The molecule has 0 amide bonds. The Kier molecular flexibility index (Phi) is 3.89. The second-order valence-electron chi connectivity index (χ2n) is 4.28. The fourth-order valence-electron chi connectivity index (χ4n) is 1.81. The molecule has 1 N–H and O–H groups in total. The van der Waals surface area contributed by atoms with Gasteiger partial charge >= 0.3 is 0 Å². The van der Waals surface area contributed by atoms with Gasteiger partial charge in [0.25, 0.3) is 0 Å². The standard InChI is InChI=1S/C15H18N2/c1-12-7-6-10-16-15(12)11-17-13(2)14-8-4-3-5-9-14/h3-10,13,17H,11H2,1-2H3/t13-/m0/s1. The highest BCUT2D eigenvalue weighted by Crippen LogP contribution is 2.12. The van der Waals surface area contributed by atoms with Crippen molar-refractivity contribution >= 4 is 0 Å². The number of pyridine rings is 1. The maximum Gasteiger partial charge on any atom is 0.0570 e. The van der Waals surface area contributed by atoms with Crippen LogP contribution in [0.25, 0.3) is 0 Å². The summed E-state index contributed by atoms with van der Waals surface area (Å²) in [4.78, 5) is 4.38. The fourth-order valence-corrected chi connectivity index (χ4v) is 1.81. The summed E-state index contributed by atoms with van der Waals surface area (Å²) in [6.45, 7) is 5.08. The second-order valence-corrected chi connectivity index (χ2v) is 4.28. The molecule has 0 aliphatic carbocycles. The molecular formula is C15H18N2. The highest BCUT2D eigenvalue weighted by atomic mass is 14.9. The second kappa shape index (κ2) is 5.60. The first-order chi connectivity index (χ1) is 8.27. The molecule has 17 heavy (non-hydrogen) atoms. The van der Waals surface area contributed by atoms with Crippen LogP contribution in [0.3, 0.4) is 0 Å². The molecule has 1 aromatic heterocycles. The van der Waals surface area contributed by atoms with E-state index in [9.17, 15) is 0 Å². The molecule has 2 heteroatoms. The van der Waals surface area contributed by atoms with E-state index in [0.29, 0.717) is 6.04 Å². The van der Waals surface area contributed by atoms with Gasteiger partial charge in [-0.3, -0.25) is 4.98 Å². The van der Waals surface area contributed by atoms with Crippen molar-refractivity contribution in [1.29, 1.82) is 0 Å². The first-order valence-corrected chi connectivity index (χ1v) is 5.96. The molecule has 0 fully saturated rings. The quantitative estimate of drug-likeness (QED) is 0.865. The largest absolute Gasteiger partial charge is 0.305 e. The van der Waals surface area contributed by atoms with Crippen molar-refractivity contribution in [2.24, 2.45) is 0 Å². The van der Waals surface area contributed by atoms with Gasteiger partial charge in [-0.25, -0.2) is 0 Å². The summed E-state index contributed by atoms with van der Waals surface area (Å²) in [5.74, 6) is 0. The third kappa shape index (κ3) is 3.14. The van der Waals surface area contributed by atoms with E-state index in [2.05, 4.69) is 54.5 Å². The van der Waals surface area contributed by atoms with Crippen LogP contribution in [0.1, 0.15) is 29.8 Å². The molecule has 1 heterocycles. The number of nitrogens with zero attached hydrogens (tertiary/aromatic N) is 1. The molecule has 2 aromatic rings. The lowest BCUT2D eigenvalue weighted by Crippen LogP contribution is -2.19. The van der Waals surface area contributed by atoms with Crippen molar-refractivity contribution in [3.63, 3.8) is 0 Å². The van der Waals surface area contributed by atoms with Crippen LogP contribution < -0.4 is 5.32 Å². The number of hydrogen-bond donors (Lipinski definition) is 1. The van der Waals surface area contributed by atoms with E-state index in [4.69, 9.17) is 0 Å². The molecule has 0 aliphatic heterocycles. The van der Waals surface area contributed by atoms with Gasteiger partial charge in [0.1, 0.15) is 0 Å². The van der Waals surface area contributed by atoms with Crippen LogP contribution in [0, 0.1) is 6.92 Å². The van der Waals surface area contributed by atoms with Crippen molar-refractivity contribution in [1.82, 2.24) is 10.3 Å². The molecule has 1 aromatic carbocycles. The van der Waals surface area contributed by atoms with Gasteiger partial charge in [-0.15, -0.1) is 0 Å². The highest BCUT2D eigenvalue weighted by molar-refractivity contribution is 5.20. The van der Waals surface area contributed by atoms with E-state index in [1.807, 2.05) is 18.3 Å². The molecule has 0 spiro atoms. The summed E-state index contributed by atoms with van der Waals surface area (Å²) in [7, 11) is 0. The number of benzene rings is 1. The lowest BCUT2D eigenvalue weighted by molar-refractivity contribution is 0.566. The fraction of sp³-hybridized carbons (Fsp3) is 0.267. The highest BCUT2D eigenvalue weighted by Gasteiger charge is 2.05. The number of hydrogen-bond acceptors (Lipinski definition) is 2. The van der Waals surface area contributed by atoms with Gasteiger partial charge in [0.2, 0.25) is 0 Å². The maximum atomic E-state index is 4.38. The smallest absolute Gasteiger partial charge is 0.0570 e. The van der Waals surface area contributed by atoms with Gasteiger partial charge in [0, 0.05) is 18.8 Å². The van der Waals surface area contributed by atoms with Crippen LogP contribution in [0.15, 0.2) is 48.7 Å². The lowest BCUT2D eigenvalue weighted by Gasteiger charge is -2.14. The van der Waals surface area contributed by atoms with Gasteiger partial charge in [-0.1, -0.05) is 36.4 Å². The molecular weight excluding hydrogens is 208 g/mol. The minimum atomic E-state index is 0.345. The molecule has 0 saturated carbocycles. The zero-order valence-electron chi connectivity index (χ0n) is 10.4. The monoisotopic (exact) mass is 226 g/mol. The van der Waals surface area contributed by atoms with Crippen LogP contribution in [0.5, 0.6) is 0 Å². The van der Waals surface area contributed by atoms with Gasteiger partial charge in [-0.05, 0) is 31.0 Å². The van der Waals surface area contributed by atoms with E-state index in [0.717, 1.165) is 12.2 Å². The van der Waals surface area contributed by atoms with Crippen LogP contribution in [0.2, 0.25) is 0 Å². The Morgan fingerprint density at radius 2 is 1.88 bits per heavy atom. The summed E-state index contributed by atoms with van der Waals surface area (Å²) in [6, 6.07) is 14.9. The van der Waals surface area contributed by atoms with E-state index < -0.39 is 0 Å². The molecule has 0 unspecified atom stereocenters. The maximum absolute atomic E-state index is 4.38. The van der Waals surface area contributed by atoms with Crippen LogP contribution in [-0.2, 0) is 6.54 Å². The summed E-state index contributed by atoms with van der Waals surface area (Å²) in [5, 5.41) is 3.49. The van der Waals surface area contributed by atoms with Gasteiger partial charge in [0.05, 0.1) is 5.69 Å². The summed E-state index contributed by atoms with van der Waals surface area (Å²) >= 11 is 0. The Bertz CT molecular complexity index is 465. The van der Waals surface area contributed by atoms with Crippen molar-refractivity contribution in [2.75, 3.05) is 0 Å². The normalized spacial score (nSPS) is 12.4. The van der Waals surface area contributed by atoms with Crippen LogP contribution in [-0.4, -0.2) is 4.98 Å². The third-order valence-corrected chi connectivity index (χ3v) is 2.99. The first kappa shape index (κ1) is 11.8. The summed E-state index contributed by atoms with van der Waals surface area (Å²) < 4.78 is 0.